The Labute approximate surface area is 172 Å². The molecule has 5 heterocycles. The summed E-state index contributed by atoms with van der Waals surface area (Å²) in [7, 11) is -2.50. The average Bonchev–Trinajstić information content (AvgIpc) is 3.34. The molecule has 1 fully saturated rings. The van der Waals surface area contributed by atoms with Crippen LogP contribution in [0.5, 0.6) is 0 Å². The Bertz CT molecular complexity index is 1240. The number of piperidine rings is 1. The number of fused-ring (bicyclic) bond motifs is 2. The first-order chi connectivity index (χ1) is 14.0. The van der Waals surface area contributed by atoms with Crippen LogP contribution in [0.25, 0.3) is 32.4 Å². The predicted molar refractivity (Wildman–Crippen MR) is 121 cm³/mol. The van der Waals surface area contributed by atoms with Crippen LogP contribution in [0, 0.1) is 0 Å². The van der Waals surface area contributed by atoms with Crippen LogP contribution in [-0.4, -0.2) is 52.4 Å². The number of pyridine rings is 1. The molecule has 0 amide bonds. The van der Waals surface area contributed by atoms with Crippen molar-refractivity contribution in [2.45, 2.75) is 18.9 Å². The number of nitrogens with one attached hydrogen (secondary N) is 3. The molecule has 0 radical (unpaired) electrons. The van der Waals surface area contributed by atoms with Crippen molar-refractivity contribution < 1.29 is 4.57 Å². The van der Waals surface area contributed by atoms with Crippen LogP contribution in [0.1, 0.15) is 12.8 Å². The summed E-state index contributed by atoms with van der Waals surface area (Å²) in [6, 6.07) is 4.32. The van der Waals surface area contributed by atoms with Gasteiger partial charge in [0.05, 0.1) is 21.4 Å². The number of aromatic amines is 1. The van der Waals surface area contributed by atoms with Crippen LogP contribution in [-0.2, 0) is 4.57 Å². The largest absolute Gasteiger partial charge is 0.359 e. The molecule has 9 heteroatoms. The summed E-state index contributed by atoms with van der Waals surface area (Å²) in [5, 5.41) is 9.95. The van der Waals surface area contributed by atoms with Gasteiger partial charge in [0.25, 0.3) is 0 Å². The van der Waals surface area contributed by atoms with Crippen molar-refractivity contribution in [3.63, 3.8) is 0 Å². The van der Waals surface area contributed by atoms with Gasteiger partial charge < -0.3 is 20.2 Å². The van der Waals surface area contributed by atoms with E-state index in [0.717, 1.165) is 58.3 Å². The van der Waals surface area contributed by atoms with E-state index in [1.165, 1.54) is 0 Å². The van der Waals surface area contributed by atoms with Crippen molar-refractivity contribution in [3.05, 3.63) is 29.9 Å². The van der Waals surface area contributed by atoms with Crippen molar-refractivity contribution in [1.82, 2.24) is 25.3 Å². The maximum atomic E-state index is 12.7. The Kier molecular flexibility index (Phi) is 4.65. The van der Waals surface area contributed by atoms with Crippen LogP contribution >= 0.6 is 18.5 Å². The molecule has 1 saturated heterocycles. The molecule has 4 aromatic heterocycles. The second-order valence-electron chi connectivity index (χ2n) is 7.83. The average molecular weight is 426 g/mol. The zero-order valence-electron chi connectivity index (χ0n) is 16.4. The Balaban J connectivity index is 1.65. The number of nitrogens with zero attached hydrogens (tertiary/aromatic N) is 3. The zero-order valence-corrected chi connectivity index (χ0v) is 18.1. The lowest BCUT2D eigenvalue weighted by atomic mass is 10.1. The van der Waals surface area contributed by atoms with E-state index in [1.54, 1.807) is 30.9 Å². The quantitative estimate of drug-likeness (QED) is 0.431. The highest BCUT2D eigenvalue weighted by Gasteiger charge is 2.22. The Hall–Kier alpha value is -2.28. The molecular formula is C20H23N6OPS. The monoisotopic (exact) mass is 426 g/mol. The van der Waals surface area contributed by atoms with Gasteiger partial charge >= 0.3 is 0 Å². The highest BCUT2D eigenvalue weighted by atomic mass is 32.1. The molecule has 0 bridgehead atoms. The van der Waals surface area contributed by atoms with Crippen LogP contribution in [0.2, 0.25) is 0 Å². The summed E-state index contributed by atoms with van der Waals surface area (Å²) >= 11 is 1.64. The van der Waals surface area contributed by atoms with Crippen LogP contribution in [0.15, 0.2) is 29.9 Å². The highest BCUT2D eigenvalue weighted by Crippen LogP contribution is 2.39. The second-order valence-corrected chi connectivity index (χ2v) is 11.9. The van der Waals surface area contributed by atoms with Gasteiger partial charge in [0, 0.05) is 35.9 Å². The molecule has 4 aromatic rings. The number of anilines is 1. The van der Waals surface area contributed by atoms with E-state index < -0.39 is 7.14 Å². The van der Waals surface area contributed by atoms with Gasteiger partial charge in [0.2, 0.25) is 5.95 Å². The first kappa shape index (κ1) is 18.7. The molecule has 150 valence electrons. The molecule has 1 atom stereocenters. The number of aromatic nitrogens is 4. The maximum Gasteiger partial charge on any atom is 0.224 e. The summed E-state index contributed by atoms with van der Waals surface area (Å²) < 4.78 is 13.7. The van der Waals surface area contributed by atoms with Gasteiger partial charge in [-0.3, -0.25) is 4.98 Å². The smallest absolute Gasteiger partial charge is 0.224 e. The molecule has 1 aliphatic heterocycles. The molecule has 7 nitrogen and oxygen atoms in total. The third-order valence-corrected chi connectivity index (χ3v) is 7.55. The minimum atomic E-state index is -2.50. The van der Waals surface area contributed by atoms with Crippen molar-refractivity contribution in [2.75, 3.05) is 31.7 Å². The molecule has 29 heavy (non-hydrogen) atoms. The first-order valence-corrected chi connectivity index (χ1v) is 13.2. The Morgan fingerprint density at radius 1 is 1.28 bits per heavy atom. The van der Waals surface area contributed by atoms with Crippen LogP contribution in [0.3, 0.4) is 0 Å². The van der Waals surface area contributed by atoms with E-state index in [9.17, 15) is 4.57 Å². The minimum absolute atomic E-state index is 0.331. The zero-order chi connectivity index (χ0) is 20.0. The van der Waals surface area contributed by atoms with E-state index >= 15 is 0 Å². The number of hydrogen-bond acceptors (Lipinski definition) is 7. The lowest BCUT2D eigenvalue weighted by Crippen LogP contribution is -2.38. The van der Waals surface area contributed by atoms with Gasteiger partial charge in [0.1, 0.15) is 12.6 Å². The third-order valence-electron chi connectivity index (χ3n) is 5.28. The number of thiophene rings is 1. The van der Waals surface area contributed by atoms with Crippen molar-refractivity contribution in [3.8, 4) is 11.3 Å². The van der Waals surface area contributed by atoms with E-state index in [4.69, 9.17) is 9.97 Å². The van der Waals surface area contributed by atoms with E-state index in [1.807, 2.05) is 23.7 Å². The van der Waals surface area contributed by atoms with Crippen LogP contribution < -0.4 is 16.1 Å². The fourth-order valence-electron chi connectivity index (χ4n) is 3.91. The van der Waals surface area contributed by atoms with Gasteiger partial charge in [-0.05, 0) is 50.2 Å². The van der Waals surface area contributed by atoms with Crippen molar-refractivity contribution in [2.24, 2.45) is 0 Å². The van der Waals surface area contributed by atoms with Gasteiger partial charge in [-0.25, -0.2) is 9.97 Å². The first-order valence-electron chi connectivity index (χ1n) is 9.75. The van der Waals surface area contributed by atoms with Crippen molar-refractivity contribution >= 4 is 51.0 Å². The van der Waals surface area contributed by atoms with Gasteiger partial charge in [-0.1, -0.05) is 0 Å². The number of H-pyrrole nitrogens is 1. The third kappa shape index (κ3) is 3.45. The van der Waals surface area contributed by atoms with Crippen LogP contribution in [0.4, 0.5) is 5.95 Å². The predicted octanol–water partition coefficient (Wildman–Crippen LogP) is 3.65. The number of rotatable bonds is 4. The molecule has 3 N–H and O–H groups in total. The summed E-state index contributed by atoms with van der Waals surface area (Å²) in [6.07, 6.45) is 5.93. The second kappa shape index (κ2) is 7.20. The van der Waals surface area contributed by atoms with Gasteiger partial charge in [0.15, 0.2) is 0 Å². The van der Waals surface area contributed by atoms with E-state index in [2.05, 4.69) is 20.6 Å². The summed E-state index contributed by atoms with van der Waals surface area (Å²) in [6.45, 7) is 5.48. The molecule has 0 unspecified atom stereocenters. The Morgan fingerprint density at radius 3 is 2.97 bits per heavy atom. The molecule has 0 aliphatic carbocycles. The minimum Gasteiger partial charge on any atom is -0.359 e. The normalized spacial score (nSPS) is 17.8. The SMILES string of the molecule is CP(C)(=O)c1nccc2c(-c3nc(N[C@H]4CCCNC4)nc4ccsc34)c[nH]c12. The van der Waals surface area contributed by atoms with Gasteiger partial charge in [-0.2, -0.15) is 0 Å². The molecule has 1 aliphatic rings. The lowest BCUT2D eigenvalue weighted by Gasteiger charge is -2.23. The van der Waals surface area contributed by atoms with E-state index in [-0.39, 0.29) is 0 Å². The van der Waals surface area contributed by atoms with Crippen molar-refractivity contribution in [1.29, 1.82) is 0 Å². The molecule has 5 rings (SSSR count). The Morgan fingerprint density at radius 2 is 2.17 bits per heavy atom. The standard InChI is InChI=1S/C20H23N6OPS/c1-28(2,27)19-17-13(5-8-22-19)14(11-23-17)16-18-15(6-9-29-18)25-20(26-16)24-12-4-3-7-21-10-12/h5-6,8-9,11-12,21,23H,3-4,7,10H2,1-2H3,(H,24,25,26)/t12-/m0/s1. The van der Waals surface area contributed by atoms with Gasteiger partial charge in [-0.15, -0.1) is 11.3 Å². The maximum absolute atomic E-state index is 12.7. The highest BCUT2D eigenvalue weighted by molar-refractivity contribution is 7.70. The topological polar surface area (TPSA) is 95.6 Å². The fraction of sp³-hybridized carbons (Fsp3) is 0.350. The summed E-state index contributed by atoms with van der Waals surface area (Å²) in [5.41, 5.74) is 4.26. The molecule has 0 saturated carbocycles. The number of hydrogen-bond donors (Lipinski definition) is 3. The fourth-order valence-corrected chi connectivity index (χ4v) is 5.81. The van der Waals surface area contributed by atoms with E-state index in [0.29, 0.717) is 17.4 Å². The molecular weight excluding hydrogens is 403 g/mol. The molecule has 0 aromatic carbocycles. The molecule has 0 spiro atoms. The lowest BCUT2D eigenvalue weighted by molar-refractivity contribution is 0.478. The summed E-state index contributed by atoms with van der Waals surface area (Å²) in [5.74, 6) is 0.653. The summed E-state index contributed by atoms with van der Waals surface area (Å²) in [4.78, 5) is 17.3.